The predicted octanol–water partition coefficient (Wildman–Crippen LogP) is 1.86. The summed E-state index contributed by atoms with van der Waals surface area (Å²) in [5.41, 5.74) is 1.40. The van der Waals surface area contributed by atoms with Crippen LogP contribution in [0, 0.1) is 17.2 Å². The van der Waals surface area contributed by atoms with Gasteiger partial charge in [0.15, 0.2) is 0 Å². The van der Waals surface area contributed by atoms with E-state index in [4.69, 9.17) is 10.1 Å². The molecule has 2 aromatic heterocycles. The van der Waals surface area contributed by atoms with Crippen molar-refractivity contribution in [2.45, 2.75) is 25.3 Å². The van der Waals surface area contributed by atoms with Crippen LogP contribution in [0.15, 0.2) is 36.9 Å². The number of amides is 1. The second-order valence-corrected chi connectivity index (χ2v) is 6.72. The maximum Gasteiger partial charge on any atom is 0.249 e. The van der Waals surface area contributed by atoms with Crippen molar-refractivity contribution < 1.29 is 9.63 Å². The summed E-state index contributed by atoms with van der Waals surface area (Å²) in [6.07, 6.45) is 7.15. The Bertz CT molecular complexity index is 845. The maximum absolute atomic E-state index is 13.0. The van der Waals surface area contributed by atoms with Crippen LogP contribution in [-0.2, 0) is 9.63 Å². The first-order valence-corrected chi connectivity index (χ1v) is 9.09. The van der Waals surface area contributed by atoms with E-state index in [0.717, 1.165) is 30.6 Å². The summed E-state index contributed by atoms with van der Waals surface area (Å²) < 4.78 is 0. The molecule has 0 unspecified atom stereocenters. The van der Waals surface area contributed by atoms with Crippen molar-refractivity contribution in [3.8, 4) is 6.07 Å². The number of hydrogen-bond acceptors (Lipinski definition) is 7. The van der Waals surface area contributed by atoms with Gasteiger partial charge in [0.25, 0.3) is 0 Å². The third-order valence-electron chi connectivity index (χ3n) is 5.15. The molecule has 0 aliphatic carbocycles. The fourth-order valence-corrected chi connectivity index (χ4v) is 3.69. The second kappa shape index (κ2) is 7.68. The first-order chi connectivity index (χ1) is 13.3. The highest BCUT2D eigenvalue weighted by Gasteiger charge is 2.37. The number of anilines is 1. The number of piperidine rings is 1. The lowest BCUT2D eigenvalue weighted by Crippen LogP contribution is -2.42. The van der Waals surface area contributed by atoms with E-state index in [-0.39, 0.29) is 17.9 Å². The summed E-state index contributed by atoms with van der Waals surface area (Å²) in [4.78, 5) is 33.0. The van der Waals surface area contributed by atoms with Gasteiger partial charge in [-0.25, -0.2) is 15.0 Å². The van der Waals surface area contributed by atoms with Crippen molar-refractivity contribution in [2.75, 3.05) is 24.6 Å². The Labute approximate surface area is 157 Å². The number of hydroxylamine groups is 2. The molecule has 8 nitrogen and oxygen atoms in total. The molecule has 0 spiro atoms. The molecule has 1 atom stereocenters. The smallest absolute Gasteiger partial charge is 0.249 e. The fourth-order valence-electron chi connectivity index (χ4n) is 3.69. The Kier molecular flexibility index (Phi) is 4.94. The van der Waals surface area contributed by atoms with Gasteiger partial charge in [-0.1, -0.05) is 0 Å². The molecular formula is C19H20N6O2. The second-order valence-electron chi connectivity index (χ2n) is 6.72. The normalized spacial score (nSPS) is 20.5. The monoisotopic (exact) mass is 364 g/mol. The predicted molar refractivity (Wildman–Crippen MR) is 96.1 cm³/mol. The van der Waals surface area contributed by atoms with Gasteiger partial charge in [-0.05, 0) is 30.5 Å². The molecule has 0 N–H and O–H groups in total. The van der Waals surface area contributed by atoms with E-state index >= 15 is 0 Å². The Morgan fingerprint density at radius 2 is 1.96 bits per heavy atom. The first-order valence-electron chi connectivity index (χ1n) is 9.09. The molecule has 2 aliphatic rings. The number of carbonyl (C=O) groups is 1. The van der Waals surface area contributed by atoms with E-state index in [1.54, 1.807) is 23.5 Å². The Balaban J connectivity index is 1.40. The van der Waals surface area contributed by atoms with Gasteiger partial charge in [0.2, 0.25) is 5.91 Å². The molecule has 2 aliphatic heterocycles. The number of rotatable bonds is 3. The molecule has 4 heterocycles. The fraction of sp³-hybridized carbons (Fsp3) is 0.421. The summed E-state index contributed by atoms with van der Waals surface area (Å²) in [5.74, 6) is 0.717. The van der Waals surface area contributed by atoms with Crippen molar-refractivity contribution in [1.82, 2.24) is 20.0 Å². The van der Waals surface area contributed by atoms with Crippen molar-refractivity contribution in [3.05, 3.63) is 48.2 Å². The summed E-state index contributed by atoms with van der Waals surface area (Å²) in [6.45, 7) is 1.98. The number of nitriles is 1. The van der Waals surface area contributed by atoms with Gasteiger partial charge in [-0.15, -0.1) is 0 Å². The average molecular weight is 364 g/mol. The van der Waals surface area contributed by atoms with Crippen LogP contribution in [0.1, 0.15) is 36.6 Å². The molecular weight excluding hydrogens is 344 g/mol. The van der Waals surface area contributed by atoms with Crippen LogP contribution in [0.2, 0.25) is 0 Å². The molecule has 2 aromatic rings. The van der Waals surface area contributed by atoms with Crippen LogP contribution in [0.4, 0.5) is 5.82 Å². The lowest BCUT2D eigenvalue weighted by atomic mass is 9.94. The summed E-state index contributed by atoms with van der Waals surface area (Å²) >= 11 is 0. The molecule has 138 valence electrons. The molecule has 0 aromatic carbocycles. The molecule has 2 saturated heterocycles. The van der Waals surface area contributed by atoms with Gasteiger partial charge >= 0.3 is 0 Å². The number of carbonyl (C=O) groups excluding carboxylic acids is 1. The SMILES string of the molecule is N#Cc1cc(N2CCC(C(=O)N3OCC[C@H]3c3ccncc3)CC2)ncn1. The van der Waals surface area contributed by atoms with Crippen LogP contribution in [0.3, 0.4) is 0 Å². The third-order valence-corrected chi connectivity index (χ3v) is 5.15. The van der Waals surface area contributed by atoms with Gasteiger partial charge in [-0.2, -0.15) is 5.26 Å². The lowest BCUT2D eigenvalue weighted by molar-refractivity contribution is -0.182. The molecule has 8 heteroatoms. The minimum Gasteiger partial charge on any atom is -0.356 e. The number of aromatic nitrogens is 3. The van der Waals surface area contributed by atoms with Crippen LogP contribution in [-0.4, -0.2) is 45.6 Å². The molecule has 0 bridgehead atoms. The van der Waals surface area contributed by atoms with Crippen LogP contribution >= 0.6 is 0 Å². The molecule has 0 saturated carbocycles. The maximum atomic E-state index is 13.0. The number of hydrogen-bond donors (Lipinski definition) is 0. The van der Waals surface area contributed by atoms with Gasteiger partial charge in [0.05, 0.1) is 12.6 Å². The van der Waals surface area contributed by atoms with Crippen molar-refractivity contribution >= 4 is 11.7 Å². The minimum atomic E-state index is -0.0686. The van der Waals surface area contributed by atoms with Gasteiger partial charge in [-0.3, -0.25) is 14.6 Å². The third kappa shape index (κ3) is 3.59. The van der Waals surface area contributed by atoms with Crippen LogP contribution in [0.5, 0.6) is 0 Å². The average Bonchev–Trinajstić information content (AvgIpc) is 3.24. The van der Waals surface area contributed by atoms with Crippen LogP contribution < -0.4 is 4.90 Å². The Hall–Kier alpha value is -3.05. The largest absolute Gasteiger partial charge is 0.356 e. The van der Waals surface area contributed by atoms with Gasteiger partial charge < -0.3 is 4.90 Å². The minimum absolute atomic E-state index is 0.0430. The van der Waals surface area contributed by atoms with E-state index < -0.39 is 0 Å². The van der Waals surface area contributed by atoms with E-state index in [9.17, 15) is 4.79 Å². The topological polar surface area (TPSA) is 95.2 Å². The standard InChI is InChI=1S/C19H20N6O2/c20-12-16-11-18(23-13-22-16)24-8-3-15(4-9-24)19(26)25-17(5-10-27-25)14-1-6-21-7-2-14/h1-2,6-7,11,13,15,17H,3-5,8-10H2/t17-/m0/s1. The lowest BCUT2D eigenvalue weighted by Gasteiger charge is -2.34. The van der Waals surface area contributed by atoms with Crippen molar-refractivity contribution in [2.24, 2.45) is 5.92 Å². The first kappa shape index (κ1) is 17.4. The number of nitrogens with zero attached hydrogens (tertiary/aromatic N) is 6. The molecule has 27 heavy (non-hydrogen) atoms. The van der Waals surface area contributed by atoms with Crippen molar-refractivity contribution in [3.63, 3.8) is 0 Å². The zero-order chi connectivity index (χ0) is 18.6. The highest BCUT2D eigenvalue weighted by Crippen LogP contribution is 2.33. The summed E-state index contributed by atoms with van der Waals surface area (Å²) in [7, 11) is 0. The summed E-state index contributed by atoms with van der Waals surface area (Å²) in [5, 5.41) is 10.6. The van der Waals surface area contributed by atoms with Crippen molar-refractivity contribution in [1.29, 1.82) is 5.26 Å². The van der Waals surface area contributed by atoms with E-state index in [2.05, 4.69) is 19.9 Å². The number of pyridine rings is 1. The molecule has 4 rings (SSSR count). The highest BCUT2D eigenvalue weighted by atomic mass is 16.7. The Morgan fingerprint density at radius 3 is 2.70 bits per heavy atom. The van der Waals surface area contributed by atoms with E-state index in [1.165, 1.54) is 6.33 Å². The highest BCUT2D eigenvalue weighted by molar-refractivity contribution is 5.79. The zero-order valence-corrected chi connectivity index (χ0v) is 14.9. The van der Waals surface area contributed by atoms with Gasteiger partial charge in [0.1, 0.15) is 23.9 Å². The van der Waals surface area contributed by atoms with Crippen LogP contribution in [0.25, 0.3) is 0 Å². The van der Waals surface area contributed by atoms with Gasteiger partial charge in [0, 0.05) is 43.9 Å². The molecule has 2 fully saturated rings. The quantitative estimate of drug-likeness (QED) is 0.820. The zero-order valence-electron chi connectivity index (χ0n) is 14.9. The van der Waals surface area contributed by atoms with E-state index in [0.29, 0.717) is 25.4 Å². The molecule has 1 amide bonds. The van der Waals surface area contributed by atoms with E-state index in [1.807, 2.05) is 18.2 Å². The Morgan fingerprint density at radius 1 is 1.19 bits per heavy atom. The summed E-state index contributed by atoms with van der Waals surface area (Å²) in [6, 6.07) is 7.54. The molecule has 0 radical (unpaired) electrons.